The maximum atomic E-state index is 13.1. The van der Waals surface area contributed by atoms with E-state index in [1.54, 1.807) is 30.3 Å². The third kappa shape index (κ3) is 3.71. The molecule has 0 fully saturated rings. The highest BCUT2D eigenvalue weighted by molar-refractivity contribution is 7.92. The van der Waals surface area contributed by atoms with Crippen molar-refractivity contribution in [2.75, 3.05) is 10.0 Å². The molecule has 5 rings (SSSR count). The molecule has 1 aliphatic heterocycles. The Morgan fingerprint density at radius 1 is 0.968 bits per heavy atom. The van der Waals surface area contributed by atoms with Crippen molar-refractivity contribution < 1.29 is 8.42 Å². The van der Waals surface area contributed by atoms with Crippen LogP contribution in [-0.4, -0.2) is 8.42 Å². The number of benzene rings is 3. The van der Waals surface area contributed by atoms with Gasteiger partial charge in [0.25, 0.3) is 10.0 Å². The van der Waals surface area contributed by atoms with Gasteiger partial charge < -0.3 is 5.32 Å². The maximum absolute atomic E-state index is 13.1. The van der Waals surface area contributed by atoms with Crippen LogP contribution in [0.2, 0.25) is 10.0 Å². The lowest BCUT2D eigenvalue weighted by molar-refractivity contribution is 0.425. The van der Waals surface area contributed by atoms with E-state index in [4.69, 9.17) is 23.2 Å². The van der Waals surface area contributed by atoms with E-state index in [0.717, 1.165) is 17.7 Å². The topological polar surface area (TPSA) is 58.2 Å². The average Bonchev–Trinajstić information content (AvgIpc) is 3.27. The number of fused-ring (bicyclic) bond motifs is 3. The van der Waals surface area contributed by atoms with E-state index >= 15 is 0 Å². The van der Waals surface area contributed by atoms with E-state index in [1.807, 2.05) is 24.3 Å². The number of anilines is 2. The van der Waals surface area contributed by atoms with Gasteiger partial charge in [-0.3, -0.25) is 4.72 Å². The first kappa shape index (κ1) is 20.4. The van der Waals surface area contributed by atoms with Crippen LogP contribution in [0.1, 0.15) is 29.5 Å². The molecular formula is C24H20Cl2N2O2S. The van der Waals surface area contributed by atoms with Gasteiger partial charge in [-0.1, -0.05) is 71.8 Å². The summed E-state index contributed by atoms with van der Waals surface area (Å²) in [6.45, 7) is 0. The van der Waals surface area contributed by atoms with Gasteiger partial charge in [-0.15, -0.1) is 0 Å². The van der Waals surface area contributed by atoms with Crippen LogP contribution in [0.5, 0.6) is 0 Å². The first-order valence-electron chi connectivity index (χ1n) is 10.0. The van der Waals surface area contributed by atoms with Gasteiger partial charge in [-0.2, -0.15) is 0 Å². The third-order valence-electron chi connectivity index (χ3n) is 6.00. The molecule has 0 amide bonds. The molecule has 1 heterocycles. The second kappa shape index (κ2) is 7.90. The monoisotopic (exact) mass is 470 g/mol. The Morgan fingerprint density at radius 2 is 1.77 bits per heavy atom. The normalized spacial score (nSPS) is 21.8. The van der Waals surface area contributed by atoms with Crippen molar-refractivity contribution in [3.05, 3.63) is 100 Å². The Morgan fingerprint density at radius 3 is 2.58 bits per heavy atom. The first-order valence-corrected chi connectivity index (χ1v) is 12.3. The molecule has 7 heteroatoms. The highest BCUT2D eigenvalue weighted by Gasteiger charge is 2.38. The second-order valence-corrected chi connectivity index (χ2v) is 10.3. The summed E-state index contributed by atoms with van der Waals surface area (Å²) in [6.07, 6.45) is 5.33. The van der Waals surface area contributed by atoms with Crippen molar-refractivity contribution in [3.8, 4) is 0 Å². The lowest BCUT2D eigenvalue weighted by Crippen LogP contribution is -2.29. The van der Waals surface area contributed by atoms with E-state index in [9.17, 15) is 8.42 Å². The zero-order valence-corrected chi connectivity index (χ0v) is 18.8. The number of halogens is 2. The van der Waals surface area contributed by atoms with Crippen molar-refractivity contribution in [2.24, 2.45) is 5.92 Å². The van der Waals surface area contributed by atoms with Gasteiger partial charge in [0.1, 0.15) is 0 Å². The zero-order valence-electron chi connectivity index (χ0n) is 16.4. The van der Waals surface area contributed by atoms with Gasteiger partial charge >= 0.3 is 0 Å². The standard InChI is InChI=1S/C24H20Cl2N2O2S/c25-20-10-5-11-22(23(20)26)28-31(29,30)16-12-13-21-19(14-16)17-8-4-9-18(17)24(27-21)15-6-2-1-3-7-15/h1-8,10-14,17-18,24,27-28H,9H2/t17-,18+,24+/m0/s1. The Labute approximate surface area is 192 Å². The van der Waals surface area contributed by atoms with Crippen LogP contribution in [0.4, 0.5) is 11.4 Å². The molecule has 3 aromatic carbocycles. The predicted molar refractivity (Wildman–Crippen MR) is 127 cm³/mol. The SMILES string of the molecule is O=S(=O)(Nc1cccc(Cl)c1Cl)c1ccc2c(c1)[C@H]1C=CC[C@H]1[C@@H](c1ccccc1)N2. The molecule has 3 aromatic rings. The predicted octanol–water partition coefficient (Wildman–Crippen LogP) is 6.62. The molecule has 4 nitrogen and oxygen atoms in total. The fourth-order valence-electron chi connectivity index (χ4n) is 4.52. The third-order valence-corrected chi connectivity index (χ3v) is 8.18. The van der Waals surface area contributed by atoms with E-state index in [2.05, 4.69) is 34.3 Å². The van der Waals surface area contributed by atoms with Crippen LogP contribution >= 0.6 is 23.2 Å². The summed E-state index contributed by atoms with van der Waals surface area (Å²) in [5.41, 5.74) is 3.45. The van der Waals surface area contributed by atoms with Crippen molar-refractivity contribution in [2.45, 2.75) is 23.3 Å². The molecule has 31 heavy (non-hydrogen) atoms. The van der Waals surface area contributed by atoms with Gasteiger partial charge in [0.2, 0.25) is 0 Å². The highest BCUT2D eigenvalue weighted by atomic mass is 35.5. The summed E-state index contributed by atoms with van der Waals surface area (Å²) in [7, 11) is -3.83. The molecule has 158 valence electrons. The Kier molecular flexibility index (Phi) is 5.21. The van der Waals surface area contributed by atoms with Crippen LogP contribution in [0.3, 0.4) is 0 Å². The second-order valence-electron chi connectivity index (χ2n) is 7.84. The lowest BCUT2D eigenvalue weighted by atomic mass is 9.77. The molecule has 2 aliphatic rings. The molecular weight excluding hydrogens is 451 g/mol. The molecule has 3 atom stereocenters. The van der Waals surface area contributed by atoms with E-state index in [1.165, 1.54) is 5.56 Å². The van der Waals surface area contributed by atoms with Gasteiger partial charge in [-0.05, 0) is 53.8 Å². The van der Waals surface area contributed by atoms with Crippen LogP contribution in [0.15, 0.2) is 83.8 Å². The molecule has 1 aliphatic carbocycles. The minimum absolute atomic E-state index is 0.159. The summed E-state index contributed by atoms with van der Waals surface area (Å²) < 4.78 is 28.7. The van der Waals surface area contributed by atoms with Crippen molar-refractivity contribution in [3.63, 3.8) is 0 Å². The molecule has 0 saturated carbocycles. The summed E-state index contributed by atoms with van der Waals surface area (Å²) in [5, 5.41) is 4.11. The molecule has 0 aromatic heterocycles. The number of hydrogen-bond acceptors (Lipinski definition) is 3. The van der Waals surface area contributed by atoms with Crippen molar-refractivity contribution in [1.29, 1.82) is 0 Å². The summed E-state index contributed by atoms with van der Waals surface area (Å²) in [6, 6.07) is 20.6. The smallest absolute Gasteiger partial charge is 0.261 e. The Balaban J connectivity index is 1.50. The molecule has 0 radical (unpaired) electrons. The van der Waals surface area contributed by atoms with Crippen molar-refractivity contribution in [1.82, 2.24) is 0 Å². The number of allylic oxidation sites excluding steroid dienone is 2. The summed E-state index contributed by atoms with van der Waals surface area (Å²) in [4.78, 5) is 0.196. The van der Waals surface area contributed by atoms with E-state index in [0.29, 0.717) is 10.9 Å². The molecule has 2 N–H and O–H groups in total. The highest BCUT2D eigenvalue weighted by Crippen LogP contribution is 2.50. The van der Waals surface area contributed by atoms with Gasteiger partial charge in [-0.25, -0.2) is 8.42 Å². The Hall–Kier alpha value is -2.47. The minimum Gasteiger partial charge on any atom is -0.378 e. The lowest BCUT2D eigenvalue weighted by Gasteiger charge is -2.37. The quantitative estimate of drug-likeness (QED) is 0.421. The molecule has 0 saturated heterocycles. The number of rotatable bonds is 4. The molecule has 0 unspecified atom stereocenters. The average molecular weight is 471 g/mol. The minimum atomic E-state index is -3.83. The Bertz CT molecular complexity index is 1280. The summed E-state index contributed by atoms with van der Waals surface area (Å²) in [5.74, 6) is 0.495. The maximum Gasteiger partial charge on any atom is 0.261 e. The first-order chi connectivity index (χ1) is 14.9. The van der Waals surface area contributed by atoms with Crippen molar-refractivity contribution >= 4 is 44.6 Å². The largest absolute Gasteiger partial charge is 0.378 e. The number of nitrogens with one attached hydrogen (secondary N) is 2. The number of sulfonamides is 1. The van der Waals surface area contributed by atoms with Crippen LogP contribution in [0, 0.1) is 5.92 Å². The fraction of sp³-hybridized carbons (Fsp3) is 0.167. The zero-order chi connectivity index (χ0) is 21.6. The van der Waals surface area contributed by atoms with Crippen LogP contribution in [0.25, 0.3) is 0 Å². The fourth-order valence-corrected chi connectivity index (χ4v) is 6.03. The van der Waals surface area contributed by atoms with Crippen LogP contribution < -0.4 is 10.0 Å². The number of hydrogen-bond donors (Lipinski definition) is 2. The van der Waals surface area contributed by atoms with Gasteiger partial charge in [0.15, 0.2) is 0 Å². The van der Waals surface area contributed by atoms with Gasteiger partial charge in [0.05, 0.1) is 26.7 Å². The molecule has 0 spiro atoms. The van der Waals surface area contributed by atoms with E-state index in [-0.39, 0.29) is 27.6 Å². The van der Waals surface area contributed by atoms with Crippen LogP contribution in [-0.2, 0) is 10.0 Å². The van der Waals surface area contributed by atoms with Gasteiger partial charge in [0, 0.05) is 11.6 Å². The molecule has 0 bridgehead atoms. The summed E-state index contributed by atoms with van der Waals surface area (Å²) >= 11 is 12.2. The van der Waals surface area contributed by atoms with E-state index < -0.39 is 10.0 Å².